The van der Waals surface area contributed by atoms with Gasteiger partial charge < -0.3 is 10.5 Å². The highest BCUT2D eigenvalue weighted by Gasteiger charge is 2.35. The van der Waals surface area contributed by atoms with E-state index in [1.165, 1.54) is 18.4 Å². The maximum Gasteiger partial charge on any atom is 0.341 e. The number of hydrogen-bond donors (Lipinski definition) is 1. The number of anilines is 1. The van der Waals surface area contributed by atoms with Gasteiger partial charge in [0, 0.05) is 5.38 Å². The van der Waals surface area contributed by atoms with Crippen molar-refractivity contribution in [3.8, 4) is 0 Å². The van der Waals surface area contributed by atoms with Gasteiger partial charge in [-0.15, -0.1) is 11.3 Å². The minimum Gasteiger partial charge on any atom is -0.465 e. The third kappa shape index (κ3) is 3.47. The van der Waals surface area contributed by atoms with E-state index in [4.69, 9.17) is 10.5 Å². The molecule has 4 nitrogen and oxygen atoms in total. The lowest BCUT2D eigenvalue weighted by Gasteiger charge is -2.31. The van der Waals surface area contributed by atoms with Crippen molar-refractivity contribution in [3.05, 3.63) is 101 Å². The maximum absolute atomic E-state index is 13.4. The second-order valence-electron chi connectivity index (χ2n) is 6.60. The van der Waals surface area contributed by atoms with Crippen molar-refractivity contribution in [1.29, 1.82) is 0 Å². The van der Waals surface area contributed by atoms with Gasteiger partial charge in [0.05, 0.1) is 7.11 Å². The van der Waals surface area contributed by atoms with Crippen LogP contribution in [0.2, 0.25) is 0 Å². The van der Waals surface area contributed by atoms with Gasteiger partial charge in [0.2, 0.25) is 0 Å². The molecule has 0 aliphatic rings. The number of thiazole rings is 1. The van der Waals surface area contributed by atoms with Crippen molar-refractivity contribution in [2.24, 2.45) is 0 Å². The first-order valence-corrected chi connectivity index (χ1v) is 12.1. The standard InChI is InChI=1S/C24H21N2O2PS/c1-28-24(27)22(23-26-21(25)17-30-23)29(18-11-5-2-6-12-18,19-13-7-3-8-14-19)20-15-9-4-10-16-20/h2-17H,25H2,1H3. The van der Waals surface area contributed by atoms with Crippen LogP contribution in [0.5, 0.6) is 0 Å². The Morgan fingerprint density at radius 2 is 1.27 bits per heavy atom. The Kier molecular flexibility index (Phi) is 5.84. The minimum absolute atomic E-state index is 0.392. The second kappa shape index (κ2) is 8.70. The molecule has 0 saturated heterocycles. The Labute approximate surface area is 180 Å². The summed E-state index contributed by atoms with van der Waals surface area (Å²) in [6.07, 6.45) is 0. The van der Waals surface area contributed by atoms with Gasteiger partial charge in [-0.05, 0) is 22.8 Å². The molecule has 0 radical (unpaired) electrons. The summed E-state index contributed by atoms with van der Waals surface area (Å²) in [5.41, 5.74) is 5.96. The smallest absolute Gasteiger partial charge is 0.341 e. The first-order valence-electron chi connectivity index (χ1n) is 9.41. The van der Waals surface area contributed by atoms with Crippen molar-refractivity contribution in [2.45, 2.75) is 0 Å². The molecule has 150 valence electrons. The Bertz CT molecular complexity index is 1100. The van der Waals surface area contributed by atoms with Crippen LogP contribution < -0.4 is 21.6 Å². The molecule has 6 heteroatoms. The fourth-order valence-corrected chi connectivity index (χ4v) is 9.08. The molecule has 0 spiro atoms. The highest BCUT2D eigenvalue weighted by atomic mass is 32.1. The van der Waals surface area contributed by atoms with Crippen LogP contribution in [0.4, 0.5) is 5.82 Å². The number of methoxy groups -OCH3 is 1. The van der Waals surface area contributed by atoms with Gasteiger partial charge in [-0.3, -0.25) is 0 Å². The van der Waals surface area contributed by atoms with E-state index >= 15 is 0 Å². The van der Waals surface area contributed by atoms with Gasteiger partial charge in [-0.2, -0.15) is 0 Å². The summed E-state index contributed by atoms with van der Waals surface area (Å²) in [5.74, 6) is -0.00192. The predicted molar refractivity (Wildman–Crippen MR) is 128 cm³/mol. The fraction of sp³-hybridized carbons (Fsp3) is 0.0417. The molecule has 0 unspecified atom stereocenters. The van der Waals surface area contributed by atoms with Gasteiger partial charge in [0.25, 0.3) is 0 Å². The number of rotatable bonds is 5. The lowest BCUT2D eigenvalue weighted by Crippen LogP contribution is -2.34. The third-order valence-electron chi connectivity index (χ3n) is 4.87. The number of carbonyl (C=O) groups is 1. The summed E-state index contributed by atoms with van der Waals surface area (Å²) in [4.78, 5) is 17.9. The molecule has 0 fully saturated rings. The maximum atomic E-state index is 13.4. The number of carbonyl (C=O) groups excluding carboxylic acids is 1. The largest absolute Gasteiger partial charge is 0.465 e. The van der Waals surface area contributed by atoms with E-state index in [-0.39, 0.29) is 0 Å². The van der Waals surface area contributed by atoms with Crippen LogP contribution in [-0.2, 0) is 9.53 Å². The molecule has 0 saturated carbocycles. The van der Waals surface area contributed by atoms with Crippen LogP contribution in [0.3, 0.4) is 0 Å². The van der Waals surface area contributed by atoms with Crippen molar-refractivity contribution >= 4 is 51.2 Å². The van der Waals surface area contributed by atoms with Crippen LogP contribution in [0, 0.1) is 0 Å². The molecule has 2 N–H and O–H groups in total. The minimum atomic E-state index is -2.61. The lowest BCUT2D eigenvalue weighted by molar-refractivity contribution is -0.132. The average Bonchev–Trinajstić information content (AvgIpc) is 3.24. The Balaban J connectivity index is 2.30. The number of aromatic nitrogens is 1. The monoisotopic (exact) mass is 432 g/mol. The molecule has 0 amide bonds. The Hall–Kier alpha value is -3.14. The van der Waals surface area contributed by atoms with Crippen molar-refractivity contribution in [1.82, 2.24) is 4.98 Å². The summed E-state index contributed by atoms with van der Waals surface area (Å²) < 4.78 is 5.32. The van der Waals surface area contributed by atoms with Crippen molar-refractivity contribution in [3.63, 3.8) is 0 Å². The molecule has 30 heavy (non-hydrogen) atoms. The number of nitrogens with zero attached hydrogens (tertiary/aromatic N) is 1. The molecule has 1 aromatic heterocycles. The van der Waals surface area contributed by atoms with E-state index in [1.54, 1.807) is 5.38 Å². The van der Waals surface area contributed by atoms with Gasteiger partial charge in [0.15, 0.2) is 0 Å². The van der Waals surface area contributed by atoms with Crippen molar-refractivity contribution in [2.75, 3.05) is 12.8 Å². The zero-order valence-corrected chi connectivity index (χ0v) is 18.1. The normalized spacial score (nSPS) is 11.1. The van der Waals surface area contributed by atoms with Crippen LogP contribution in [0.1, 0.15) is 5.01 Å². The SMILES string of the molecule is COC(=O)C(c1nc(N)cs1)=P(c1ccccc1)(c1ccccc1)c1ccccc1. The first kappa shape index (κ1) is 20.1. The summed E-state index contributed by atoms with van der Waals surface area (Å²) in [5, 5.41) is 6.05. The summed E-state index contributed by atoms with van der Waals surface area (Å²) in [6, 6.07) is 30.4. The van der Waals surface area contributed by atoms with Crippen LogP contribution in [0.25, 0.3) is 0 Å². The second-order valence-corrected chi connectivity index (χ2v) is 10.8. The molecular weight excluding hydrogens is 411 g/mol. The summed E-state index contributed by atoms with van der Waals surface area (Å²) >= 11 is 1.37. The van der Waals surface area contributed by atoms with E-state index in [0.717, 1.165) is 15.9 Å². The molecule has 0 aliphatic carbocycles. The zero-order valence-electron chi connectivity index (χ0n) is 16.4. The van der Waals surface area contributed by atoms with E-state index < -0.39 is 12.9 Å². The number of nitrogen functional groups attached to an aromatic ring is 1. The number of ether oxygens (including phenoxy) is 1. The first-order chi connectivity index (χ1) is 14.7. The lowest BCUT2D eigenvalue weighted by atomic mass is 10.3. The quantitative estimate of drug-likeness (QED) is 0.388. The zero-order chi connectivity index (χ0) is 21.0. The topological polar surface area (TPSA) is 65.2 Å². The highest BCUT2D eigenvalue weighted by Crippen LogP contribution is 2.48. The average molecular weight is 432 g/mol. The van der Waals surface area contributed by atoms with Gasteiger partial charge in [0.1, 0.15) is 16.1 Å². The molecular formula is C24H21N2O2PS. The van der Waals surface area contributed by atoms with Crippen LogP contribution >= 0.6 is 18.2 Å². The molecule has 1 heterocycles. The summed E-state index contributed by atoms with van der Waals surface area (Å²) in [6.45, 7) is -2.61. The molecule has 4 aromatic rings. The third-order valence-corrected chi connectivity index (χ3v) is 10.2. The number of nitrogens with two attached hydrogens (primary N) is 1. The van der Waals surface area contributed by atoms with Gasteiger partial charge in [-0.25, -0.2) is 9.78 Å². The van der Waals surface area contributed by atoms with Crippen molar-refractivity contribution < 1.29 is 9.53 Å². The van der Waals surface area contributed by atoms with Crippen LogP contribution in [-0.4, -0.2) is 23.4 Å². The number of esters is 1. The Morgan fingerprint density at radius 1 is 0.833 bits per heavy atom. The van der Waals surface area contributed by atoms with Gasteiger partial charge >= 0.3 is 5.97 Å². The van der Waals surface area contributed by atoms with E-state index in [9.17, 15) is 4.79 Å². The van der Waals surface area contributed by atoms with E-state index in [0.29, 0.717) is 16.1 Å². The number of benzene rings is 3. The molecule has 3 aromatic carbocycles. The fourth-order valence-electron chi connectivity index (χ4n) is 3.65. The van der Waals surface area contributed by atoms with Gasteiger partial charge in [-0.1, -0.05) is 91.0 Å². The number of hydrogen-bond acceptors (Lipinski definition) is 5. The Morgan fingerprint density at radius 3 is 1.60 bits per heavy atom. The molecule has 0 atom stereocenters. The summed E-state index contributed by atoms with van der Waals surface area (Å²) in [7, 11) is 1.41. The molecule has 0 aliphatic heterocycles. The molecule has 0 bridgehead atoms. The predicted octanol–water partition coefficient (Wildman–Crippen LogP) is 3.41. The van der Waals surface area contributed by atoms with Crippen LogP contribution in [0.15, 0.2) is 96.4 Å². The van der Waals surface area contributed by atoms with E-state index in [2.05, 4.69) is 41.4 Å². The highest BCUT2D eigenvalue weighted by molar-refractivity contribution is 7.97. The molecule has 4 rings (SSSR count). The van der Waals surface area contributed by atoms with E-state index in [1.807, 2.05) is 54.6 Å².